The Morgan fingerprint density at radius 2 is 1.84 bits per heavy atom. The van der Waals surface area contributed by atoms with Gasteiger partial charge in [-0.05, 0) is 18.6 Å². The summed E-state index contributed by atoms with van der Waals surface area (Å²) in [6.07, 6.45) is 2.41. The number of nitrogens with zero attached hydrogens (tertiary/aromatic N) is 3. The molecule has 0 fully saturated rings. The average molecular weight is 251 g/mol. The van der Waals surface area contributed by atoms with Crippen LogP contribution in [0.5, 0.6) is 0 Å². The normalized spacial score (nSPS) is 10.6. The number of hydrogen-bond acceptors (Lipinski definition) is 4. The second-order valence-electron chi connectivity index (χ2n) is 4.13. The van der Waals surface area contributed by atoms with Crippen LogP contribution in [0.25, 0.3) is 22.8 Å². The van der Waals surface area contributed by atoms with Crippen LogP contribution in [-0.4, -0.2) is 15.2 Å². The van der Waals surface area contributed by atoms with Crippen molar-refractivity contribution in [3.05, 3.63) is 54.4 Å². The fourth-order valence-corrected chi connectivity index (χ4v) is 1.94. The molecule has 2 heterocycles. The van der Waals surface area contributed by atoms with Gasteiger partial charge in [0, 0.05) is 5.56 Å². The van der Waals surface area contributed by atoms with Crippen molar-refractivity contribution < 1.29 is 4.42 Å². The molecule has 0 N–H and O–H groups in total. The lowest BCUT2D eigenvalue weighted by atomic mass is 10.1. The largest absolute Gasteiger partial charge is 0.461 e. The Bertz CT molecular complexity index is 663. The third kappa shape index (κ3) is 2.25. The molecule has 0 spiro atoms. The molecule has 3 rings (SSSR count). The summed E-state index contributed by atoms with van der Waals surface area (Å²) in [6.45, 7) is 2.06. The Morgan fingerprint density at radius 1 is 1.00 bits per heavy atom. The molecule has 0 aliphatic heterocycles. The van der Waals surface area contributed by atoms with Gasteiger partial charge in [0.05, 0.1) is 12.0 Å². The number of rotatable bonds is 3. The van der Waals surface area contributed by atoms with E-state index in [0.29, 0.717) is 11.6 Å². The van der Waals surface area contributed by atoms with Gasteiger partial charge >= 0.3 is 0 Å². The highest BCUT2D eigenvalue weighted by molar-refractivity contribution is 5.62. The molecular formula is C15H13N3O. The number of furan rings is 1. The van der Waals surface area contributed by atoms with E-state index in [1.165, 1.54) is 0 Å². The quantitative estimate of drug-likeness (QED) is 0.716. The molecule has 0 radical (unpaired) electrons. The molecule has 0 amide bonds. The van der Waals surface area contributed by atoms with Gasteiger partial charge in [-0.3, -0.25) is 0 Å². The highest BCUT2D eigenvalue weighted by Crippen LogP contribution is 2.22. The maximum atomic E-state index is 5.30. The number of aryl methyl sites for hydroxylation is 1. The first-order valence-corrected chi connectivity index (χ1v) is 6.21. The van der Waals surface area contributed by atoms with E-state index in [-0.39, 0.29) is 0 Å². The van der Waals surface area contributed by atoms with E-state index in [0.717, 1.165) is 23.4 Å². The number of hydrogen-bond donors (Lipinski definition) is 0. The van der Waals surface area contributed by atoms with Gasteiger partial charge in [-0.25, -0.2) is 4.98 Å². The fourth-order valence-electron chi connectivity index (χ4n) is 1.94. The average Bonchev–Trinajstić information content (AvgIpc) is 3.02. The topological polar surface area (TPSA) is 51.8 Å². The first-order valence-electron chi connectivity index (χ1n) is 6.21. The maximum absolute atomic E-state index is 5.30. The summed E-state index contributed by atoms with van der Waals surface area (Å²) in [4.78, 5) is 4.54. The second kappa shape index (κ2) is 5.02. The zero-order chi connectivity index (χ0) is 13.1. The molecule has 0 aliphatic rings. The Kier molecular flexibility index (Phi) is 3.06. The third-order valence-electron chi connectivity index (χ3n) is 2.88. The van der Waals surface area contributed by atoms with Gasteiger partial charge in [0.1, 0.15) is 5.69 Å². The van der Waals surface area contributed by atoms with Crippen molar-refractivity contribution in [2.24, 2.45) is 0 Å². The molecule has 0 unspecified atom stereocenters. The van der Waals surface area contributed by atoms with Gasteiger partial charge in [-0.15, -0.1) is 10.2 Å². The summed E-state index contributed by atoms with van der Waals surface area (Å²) in [5, 5.41) is 8.45. The summed E-state index contributed by atoms with van der Waals surface area (Å²) in [6, 6.07) is 13.6. The summed E-state index contributed by atoms with van der Waals surface area (Å²) in [7, 11) is 0. The maximum Gasteiger partial charge on any atom is 0.217 e. The van der Waals surface area contributed by atoms with Gasteiger partial charge in [0.25, 0.3) is 0 Å². The van der Waals surface area contributed by atoms with Gasteiger partial charge < -0.3 is 4.42 Å². The van der Waals surface area contributed by atoms with Crippen molar-refractivity contribution in [3.8, 4) is 22.8 Å². The van der Waals surface area contributed by atoms with Crippen LogP contribution in [0.4, 0.5) is 0 Å². The predicted octanol–water partition coefficient (Wildman–Crippen LogP) is 3.36. The molecule has 19 heavy (non-hydrogen) atoms. The molecule has 3 aromatic rings. The van der Waals surface area contributed by atoms with E-state index in [9.17, 15) is 0 Å². The molecule has 1 aromatic carbocycles. The van der Waals surface area contributed by atoms with Crippen LogP contribution >= 0.6 is 0 Å². The van der Waals surface area contributed by atoms with Crippen molar-refractivity contribution in [3.63, 3.8) is 0 Å². The van der Waals surface area contributed by atoms with Crippen LogP contribution in [0.2, 0.25) is 0 Å². The van der Waals surface area contributed by atoms with Crippen LogP contribution < -0.4 is 0 Å². The van der Waals surface area contributed by atoms with Crippen LogP contribution in [0, 0.1) is 0 Å². The summed E-state index contributed by atoms with van der Waals surface area (Å²) in [5.41, 5.74) is 2.79. The number of aromatic nitrogens is 3. The first-order chi connectivity index (χ1) is 9.38. The van der Waals surface area contributed by atoms with Crippen molar-refractivity contribution in [1.29, 1.82) is 0 Å². The van der Waals surface area contributed by atoms with E-state index in [1.54, 1.807) is 6.26 Å². The SMILES string of the molecule is CCc1nc(-c2ccco2)nnc1-c1ccccc1. The minimum Gasteiger partial charge on any atom is -0.461 e. The van der Waals surface area contributed by atoms with Crippen LogP contribution in [-0.2, 0) is 6.42 Å². The summed E-state index contributed by atoms with van der Waals surface area (Å²) in [5.74, 6) is 1.17. The van der Waals surface area contributed by atoms with Crippen LogP contribution in [0.15, 0.2) is 53.1 Å². The predicted molar refractivity (Wildman–Crippen MR) is 72.3 cm³/mol. The molecule has 0 aliphatic carbocycles. The summed E-state index contributed by atoms with van der Waals surface area (Å²) < 4.78 is 5.30. The van der Waals surface area contributed by atoms with E-state index >= 15 is 0 Å². The monoisotopic (exact) mass is 251 g/mol. The molecular weight excluding hydrogens is 238 g/mol. The van der Waals surface area contributed by atoms with Gasteiger partial charge in [0.2, 0.25) is 5.82 Å². The molecule has 4 heteroatoms. The minimum absolute atomic E-state index is 0.529. The Hall–Kier alpha value is -2.49. The Labute approximate surface area is 111 Å². The zero-order valence-corrected chi connectivity index (χ0v) is 10.6. The molecule has 0 saturated heterocycles. The highest BCUT2D eigenvalue weighted by atomic mass is 16.3. The van der Waals surface area contributed by atoms with Crippen molar-refractivity contribution >= 4 is 0 Å². The second-order valence-corrected chi connectivity index (χ2v) is 4.13. The molecule has 2 aromatic heterocycles. The van der Waals surface area contributed by atoms with Crippen molar-refractivity contribution in [2.45, 2.75) is 13.3 Å². The molecule has 0 bridgehead atoms. The van der Waals surface area contributed by atoms with Gasteiger partial charge in [-0.2, -0.15) is 0 Å². The lowest BCUT2D eigenvalue weighted by Crippen LogP contribution is -2.01. The van der Waals surface area contributed by atoms with E-state index < -0.39 is 0 Å². The summed E-state index contributed by atoms with van der Waals surface area (Å²) >= 11 is 0. The smallest absolute Gasteiger partial charge is 0.217 e. The third-order valence-corrected chi connectivity index (χ3v) is 2.88. The molecule has 0 atom stereocenters. The molecule has 4 nitrogen and oxygen atoms in total. The Morgan fingerprint density at radius 3 is 2.53 bits per heavy atom. The zero-order valence-electron chi connectivity index (χ0n) is 10.6. The first kappa shape index (κ1) is 11.6. The van der Waals surface area contributed by atoms with Crippen LogP contribution in [0.1, 0.15) is 12.6 Å². The van der Waals surface area contributed by atoms with Crippen molar-refractivity contribution in [2.75, 3.05) is 0 Å². The highest BCUT2D eigenvalue weighted by Gasteiger charge is 2.12. The van der Waals surface area contributed by atoms with E-state index in [1.807, 2.05) is 42.5 Å². The Balaban J connectivity index is 2.08. The fraction of sp³-hybridized carbons (Fsp3) is 0.133. The van der Waals surface area contributed by atoms with Gasteiger partial charge in [0.15, 0.2) is 5.76 Å². The van der Waals surface area contributed by atoms with E-state index in [4.69, 9.17) is 4.42 Å². The van der Waals surface area contributed by atoms with E-state index in [2.05, 4.69) is 22.1 Å². The molecule has 0 saturated carbocycles. The number of benzene rings is 1. The molecule has 94 valence electrons. The minimum atomic E-state index is 0.529. The standard InChI is InChI=1S/C15H13N3O/c1-2-12-14(11-7-4-3-5-8-11)17-18-15(16-12)13-9-6-10-19-13/h3-10H,2H2,1H3. The lowest BCUT2D eigenvalue weighted by Gasteiger charge is -2.06. The lowest BCUT2D eigenvalue weighted by molar-refractivity contribution is 0.575. The van der Waals surface area contributed by atoms with Crippen molar-refractivity contribution in [1.82, 2.24) is 15.2 Å². The van der Waals surface area contributed by atoms with Gasteiger partial charge in [-0.1, -0.05) is 37.3 Å². The van der Waals surface area contributed by atoms with Crippen LogP contribution in [0.3, 0.4) is 0 Å².